The van der Waals surface area contributed by atoms with Crippen LogP contribution < -0.4 is 5.32 Å². The zero-order chi connectivity index (χ0) is 10.9. The minimum absolute atomic E-state index is 0.0531. The van der Waals surface area contributed by atoms with E-state index in [0.717, 1.165) is 11.5 Å². The van der Waals surface area contributed by atoms with Crippen LogP contribution in [0.15, 0.2) is 12.3 Å². The highest BCUT2D eigenvalue weighted by Gasteiger charge is 2.29. The minimum Gasteiger partial charge on any atom is -0.348 e. The second kappa shape index (κ2) is 3.90. The summed E-state index contributed by atoms with van der Waals surface area (Å²) in [4.78, 5) is 12.1. The Morgan fingerprint density at radius 1 is 1.60 bits per heavy atom. The Hall–Kier alpha value is -0.950. The van der Waals surface area contributed by atoms with Crippen LogP contribution in [-0.4, -0.2) is 36.2 Å². The lowest BCUT2D eigenvalue weighted by Crippen LogP contribution is -2.35. The molecule has 0 aliphatic carbocycles. The van der Waals surface area contributed by atoms with Gasteiger partial charge in [0, 0.05) is 12.2 Å². The molecule has 0 aromatic carbocycles. The van der Waals surface area contributed by atoms with Crippen LogP contribution in [0.5, 0.6) is 0 Å². The monoisotopic (exact) mass is 246 g/mol. The molecule has 1 saturated heterocycles. The molecule has 15 heavy (non-hydrogen) atoms. The average molecular weight is 246 g/mol. The van der Waals surface area contributed by atoms with Gasteiger partial charge >= 0.3 is 0 Å². The highest BCUT2D eigenvalue weighted by Crippen LogP contribution is 2.12. The molecule has 1 aliphatic heterocycles. The predicted octanol–water partition coefficient (Wildman–Crippen LogP) is 0.0600. The van der Waals surface area contributed by atoms with Gasteiger partial charge in [-0.15, -0.1) is 0 Å². The molecule has 7 heteroatoms. The zero-order valence-electron chi connectivity index (χ0n) is 7.84. The van der Waals surface area contributed by atoms with Gasteiger partial charge in [0.2, 0.25) is 0 Å². The number of hydrogen-bond acceptors (Lipinski definition) is 5. The van der Waals surface area contributed by atoms with Crippen molar-refractivity contribution >= 4 is 27.3 Å². The van der Waals surface area contributed by atoms with E-state index in [1.807, 2.05) is 0 Å². The average Bonchev–Trinajstić information content (AvgIpc) is 2.74. The van der Waals surface area contributed by atoms with Crippen molar-refractivity contribution in [2.45, 2.75) is 12.5 Å². The first kappa shape index (κ1) is 10.6. The topological polar surface area (TPSA) is 76.1 Å². The summed E-state index contributed by atoms with van der Waals surface area (Å²) in [5.41, 5.74) is 0. The molecular weight excluding hydrogens is 236 g/mol. The third kappa shape index (κ3) is 2.54. The number of aromatic nitrogens is 1. The molecule has 1 amide bonds. The summed E-state index contributed by atoms with van der Waals surface area (Å²) in [6.07, 6.45) is 2.05. The Labute approximate surface area is 91.6 Å². The second-order valence-electron chi connectivity index (χ2n) is 3.45. The molecule has 2 rings (SSSR count). The van der Waals surface area contributed by atoms with Crippen molar-refractivity contribution in [3.8, 4) is 0 Å². The van der Waals surface area contributed by atoms with E-state index in [-0.39, 0.29) is 23.5 Å². The first-order valence-corrected chi connectivity index (χ1v) is 7.08. The Morgan fingerprint density at radius 3 is 2.93 bits per heavy atom. The first-order valence-electron chi connectivity index (χ1n) is 4.49. The van der Waals surface area contributed by atoms with Crippen LogP contribution in [0.4, 0.5) is 0 Å². The van der Waals surface area contributed by atoms with E-state index in [4.69, 9.17) is 0 Å². The van der Waals surface area contributed by atoms with Gasteiger partial charge in [-0.05, 0) is 24.0 Å². The number of hydrogen-bond donors (Lipinski definition) is 1. The van der Waals surface area contributed by atoms with E-state index in [1.54, 1.807) is 12.3 Å². The predicted molar refractivity (Wildman–Crippen MR) is 56.6 cm³/mol. The van der Waals surface area contributed by atoms with Gasteiger partial charge in [0.25, 0.3) is 5.91 Å². The van der Waals surface area contributed by atoms with Gasteiger partial charge in [-0.25, -0.2) is 12.8 Å². The van der Waals surface area contributed by atoms with Crippen LogP contribution in [0.2, 0.25) is 0 Å². The number of nitrogens with zero attached hydrogens (tertiary/aromatic N) is 1. The lowest BCUT2D eigenvalue weighted by atomic mass is 10.2. The van der Waals surface area contributed by atoms with E-state index in [9.17, 15) is 13.2 Å². The Kier molecular flexibility index (Phi) is 2.74. The number of amides is 1. The van der Waals surface area contributed by atoms with E-state index < -0.39 is 9.84 Å². The Bertz CT molecular complexity index is 452. The highest BCUT2D eigenvalue weighted by atomic mass is 32.2. The third-order valence-electron chi connectivity index (χ3n) is 2.23. The normalized spacial score (nSPS) is 23.9. The number of carbonyl (C=O) groups excluding carboxylic acids is 1. The molecule has 1 aromatic heterocycles. The van der Waals surface area contributed by atoms with Crippen molar-refractivity contribution in [3.63, 3.8) is 0 Å². The van der Waals surface area contributed by atoms with Gasteiger partial charge in [-0.3, -0.25) is 4.79 Å². The van der Waals surface area contributed by atoms with Crippen LogP contribution in [0.1, 0.15) is 16.1 Å². The molecule has 1 fully saturated rings. The molecule has 1 aromatic rings. The van der Waals surface area contributed by atoms with Crippen molar-refractivity contribution in [1.29, 1.82) is 0 Å². The van der Waals surface area contributed by atoms with Crippen molar-refractivity contribution in [3.05, 3.63) is 17.1 Å². The van der Waals surface area contributed by atoms with Gasteiger partial charge in [0.15, 0.2) is 9.84 Å². The lowest BCUT2D eigenvalue weighted by Gasteiger charge is -2.08. The maximum atomic E-state index is 11.5. The molecule has 1 atom stereocenters. The SMILES string of the molecule is O=C(NC1CCS(=O)(=O)C1)c1ccns1. The highest BCUT2D eigenvalue weighted by molar-refractivity contribution is 7.91. The van der Waals surface area contributed by atoms with Crippen LogP contribution in [0.3, 0.4) is 0 Å². The largest absolute Gasteiger partial charge is 0.348 e. The lowest BCUT2D eigenvalue weighted by molar-refractivity contribution is 0.0945. The molecular formula is C8H10N2O3S2. The van der Waals surface area contributed by atoms with Crippen molar-refractivity contribution in [2.24, 2.45) is 0 Å². The number of nitrogens with one attached hydrogen (secondary N) is 1. The molecule has 1 unspecified atom stereocenters. The van der Waals surface area contributed by atoms with Crippen molar-refractivity contribution in [1.82, 2.24) is 9.69 Å². The van der Waals surface area contributed by atoms with Crippen LogP contribution >= 0.6 is 11.5 Å². The van der Waals surface area contributed by atoms with E-state index >= 15 is 0 Å². The summed E-state index contributed by atoms with van der Waals surface area (Å²) in [5, 5.41) is 2.69. The van der Waals surface area contributed by atoms with Gasteiger partial charge < -0.3 is 5.32 Å². The summed E-state index contributed by atoms with van der Waals surface area (Å²) in [6, 6.07) is 1.37. The molecule has 82 valence electrons. The third-order valence-corrected chi connectivity index (χ3v) is 4.74. The summed E-state index contributed by atoms with van der Waals surface area (Å²) in [7, 11) is -2.94. The smallest absolute Gasteiger partial charge is 0.263 e. The summed E-state index contributed by atoms with van der Waals surface area (Å²) >= 11 is 1.10. The van der Waals surface area contributed by atoms with E-state index in [0.29, 0.717) is 11.3 Å². The second-order valence-corrected chi connectivity index (χ2v) is 6.51. The number of sulfone groups is 1. The Balaban J connectivity index is 1.97. The minimum atomic E-state index is -2.94. The fourth-order valence-electron chi connectivity index (χ4n) is 1.50. The molecule has 0 spiro atoms. The fourth-order valence-corrected chi connectivity index (χ4v) is 3.67. The summed E-state index contributed by atoms with van der Waals surface area (Å²) in [5.74, 6) is -0.0161. The van der Waals surface area contributed by atoms with Gasteiger partial charge in [-0.1, -0.05) is 0 Å². The maximum Gasteiger partial charge on any atom is 0.263 e. The molecule has 2 heterocycles. The Morgan fingerprint density at radius 2 is 2.40 bits per heavy atom. The zero-order valence-corrected chi connectivity index (χ0v) is 9.47. The van der Waals surface area contributed by atoms with Crippen LogP contribution in [0, 0.1) is 0 Å². The maximum absolute atomic E-state index is 11.5. The van der Waals surface area contributed by atoms with Crippen LogP contribution in [0.25, 0.3) is 0 Å². The molecule has 0 radical (unpaired) electrons. The fraction of sp³-hybridized carbons (Fsp3) is 0.500. The van der Waals surface area contributed by atoms with Gasteiger partial charge in [0.1, 0.15) is 4.88 Å². The van der Waals surface area contributed by atoms with Gasteiger partial charge in [0.05, 0.1) is 11.5 Å². The van der Waals surface area contributed by atoms with Crippen LogP contribution in [-0.2, 0) is 9.84 Å². The first-order chi connectivity index (χ1) is 7.07. The molecule has 5 nitrogen and oxygen atoms in total. The molecule has 1 aliphatic rings. The summed E-state index contributed by atoms with van der Waals surface area (Å²) < 4.78 is 26.1. The number of carbonyl (C=O) groups is 1. The molecule has 0 bridgehead atoms. The van der Waals surface area contributed by atoms with Gasteiger partial charge in [-0.2, -0.15) is 0 Å². The standard InChI is InChI=1S/C8H10N2O3S2/c11-8(7-1-3-9-14-7)10-6-2-4-15(12,13)5-6/h1,3,6H,2,4-5H2,(H,10,11). The van der Waals surface area contributed by atoms with E-state index in [1.165, 1.54) is 0 Å². The quantitative estimate of drug-likeness (QED) is 0.800. The number of rotatable bonds is 2. The van der Waals surface area contributed by atoms with Crippen molar-refractivity contribution in [2.75, 3.05) is 11.5 Å². The molecule has 0 saturated carbocycles. The molecule has 1 N–H and O–H groups in total. The van der Waals surface area contributed by atoms with E-state index in [2.05, 4.69) is 9.69 Å². The van der Waals surface area contributed by atoms with Crippen molar-refractivity contribution < 1.29 is 13.2 Å². The summed E-state index contributed by atoms with van der Waals surface area (Å²) in [6.45, 7) is 0.